The molecule has 4 rings (SSSR count). The smallest absolute Gasteiger partial charge is 0.306 e. The fraction of sp³-hybridized carbons (Fsp3) is 0.346. The third-order valence-corrected chi connectivity index (χ3v) is 7.26. The molecule has 0 amide bonds. The fourth-order valence-corrected chi connectivity index (χ4v) is 5.36. The molecule has 1 aliphatic carbocycles. The van der Waals surface area contributed by atoms with Crippen molar-refractivity contribution in [2.24, 2.45) is 5.92 Å². The summed E-state index contributed by atoms with van der Waals surface area (Å²) in [5, 5.41) is 14.9. The molecule has 34 heavy (non-hydrogen) atoms. The van der Waals surface area contributed by atoms with E-state index in [2.05, 4.69) is 15.6 Å². The van der Waals surface area contributed by atoms with Crippen LogP contribution in [0.2, 0.25) is 0 Å². The van der Waals surface area contributed by atoms with Gasteiger partial charge in [0.1, 0.15) is 5.82 Å². The first-order valence-electron chi connectivity index (χ1n) is 11.6. The molecule has 178 valence electrons. The minimum Gasteiger partial charge on any atom is -0.466 e. The van der Waals surface area contributed by atoms with Crippen molar-refractivity contribution < 1.29 is 13.9 Å². The normalized spacial score (nSPS) is 17.7. The average molecular weight is 481 g/mol. The predicted molar refractivity (Wildman–Crippen MR) is 135 cm³/mol. The lowest BCUT2D eigenvalue weighted by Gasteiger charge is -2.26. The van der Waals surface area contributed by atoms with E-state index in [9.17, 15) is 9.18 Å². The number of thiazole rings is 1. The number of guanidine groups is 1. The highest BCUT2D eigenvalue weighted by Gasteiger charge is 2.26. The summed E-state index contributed by atoms with van der Waals surface area (Å²) in [4.78, 5) is 17.5. The molecule has 0 saturated heterocycles. The lowest BCUT2D eigenvalue weighted by atomic mass is 9.81. The van der Waals surface area contributed by atoms with Crippen LogP contribution in [0.3, 0.4) is 0 Å². The van der Waals surface area contributed by atoms with Crippen LogP contribution >= 0.6 is 11.3 Å². The van der Waals surface area contributed by atoms with E-state index in [1.54, 1.807) is 29.5 Å². The van der Waals surface area contributed by atoms with E-state index in [0.717, 1.165) is 46.8 Å². The number of rotatable bonds is 7. The van der Waals surface area contributed by atoms with Crippen molar-refractivity contribution in [1.29, 1.82) is 5.41 Å². The summed E-state index contributed by atoms with van der Waals surface area (Å²) in [6, 6.07) is 14.0. The number of carbonyl (C=O) groups excluding carboxylic acids is 1. The first kappa shape index (κ1) is 23.9. The SMILES string of the molecule is CCOC(=O)CC1CCC(c2ncc(-c3ccc(NC(=N)Nc4ccccc4F)cc3)s2)CC1. The Kier molecular flexibility index (Phi) is 7.90. The van der Waals surface area contributed by atoms with Gasteiger partial charge in [-0.15, -0.1) is 11.3 Å². The number of ether oxygens (including phenoxy) is 1. The predicted octanol–water partition coefficient (Wildman–Crippen LogP) is 6.63. The quantitative estimate of drug-likeness (QED) is 0.201. The summed E-state index contributed by atoms with van der Waals surface area (Å²) in [5.41, 5.74) is 2.06. The summed E-state index contributed by atoms with van der Waals surface area (Å²) < 4.78 is 18.8. The molecule has 1 aromatic heterocycles. The van der Waals surface area contributed by atoms with Gasteiger partial charge in [0.05, 0.1) is 22.2 Å². The molecule has 0 bridgehead atoms. The summed E-state index contributed by atoms with van der Waals surface area (Å²) >= 11 is 1.72. The van der Waals surface area contributed by atoms with E-state index in [4.69, 9.17) is 10.1 Å². The number of nitrogens with one attached hydrogen (secondary N) is 3. The molecule has 8 heteroatoms. The summed E-state index contributed by atoms with van der Waals surface area (Å²) in [5.74, 6) is 0.373. The zero-order chi connectivity index (χ0) is 23.9. The highest BCUT2D eigenvalue weighted by atomic mass is 32.1. The minimum absolute atomic E-state index is 0.00325. The Bertz CT molecular complexity index is 1120. The Balaban J connectivity index is 1.30. The molecule has 0 spiro atoms. The van der Waals surface area contributed by atoms with Gasteiger partial charge in [-0.05, 0) is 68.4 Å². The molecular formula is C26H29FN4O2S. The van der Waals surface area contributed by atoms with E-state index in [-0.39, 0.29) is 17.6 Å². The minimum atomic E-state index is -0.405. The van der Waals surface area contributed by atoms with E-state index in [0.29, 0.717) is 24.9 Å². The highest BCUT2D eigenvalue weighted by molar-refractivity contribution is 7.15. The molecule has 3 aromatic rings. The number of carbonyl (C=O) groups is 1. The van der Waals surface area contributed by atoms with Gasteiger partial charge >= 0.3 is 5.97 Å². The number of para-hydroxylation sites is 1. The van der Waals surface area contributed by atoms with Crippen LogP contribution in [-0.4, -0.2) is 23.5 Å². The second kappa shape index (κ2) is 11.2. The van der Waals surface area contributed by atoms with E-state index < -0.39 is 5.82 Å². The number of halogens is 1. The lowest BCUT2D eigenvalue weighted by Crippen LogP contribution is -2.21. The Labute approximate surface area is 203 Å². The van der Waals surface area contributed by atoms with Crippen LogP contribution in [0.15, 0.2) is 54.7 Å². The Morgan fingerprint density at radius 2 is 1.85 bits per heavy atom. The maximum atomic E-state index is 13.8. The molecule has 1 aliphatic rings. The van der Waals surface area contributed by atoms with E-state index in [1.165, 1.54) is 6.07 Å². The summed E-state index contributed by atoms with van der Waals surface area (Å²) in [7, 11) is 0. The standard InChI is InChI=1S/C26H29FN4O2S/c1-2-33-24(32)15-17-7-9-19(10-8-17)25-29-16-23(34-25)18-11-13-20(14-12-18)30-26(28)31-22-6-4-3-5-21(22)27/h3-6,11-14,16-17,19H,2,7-10,15H2,1H3,(H3,28,30,31). The Hall–Kier alpha value is -3.26. The van der Waals surface area contributed by atoms with Crippen molar-refractivity contribution in [3.63, 3.8) is 0 Å². The molecule has 0 radical (unpaired) electrons. The third kappa shape index (κ3) is 6.20. The number of anilines is 2. The van der Waals surface area contributed by atoms with Crippen LogP contribution in [-0.2, 0) is 9.53 Å². The fourth-order valence-electron chi connectivity index (χ4n) is 4.27. The van der Waals surface area contributed by atoms with Crippen LogP contribution in [0.1, 0.15) is 50.0 Å². The van der Waals surface area contributed by atoms with Crippen LogP contribution < -0.4 is 10.6 Å². The van der Waals surface area contributed by atoms with Crippen molar-refractivity contribution >= 4 is 34.6 Å². The van der Waals surface area contributed by atoms with Crippen LogP contribution in [0.4, 0.5) is 15.8 Å². The average Bonchev–Trinajstić information content (AvgIpc) is 3.32. The van der Waals surface area contributed by atoms with Crippen LogP contribution in [0.5, 0.6) is 0 Å². The molecule has 2 aromatic carbocycles. The van der Waals surface area contributed by atoms with Crippen molar-refractivity contribution in [3.05, 3.63) is 65.6 Å². The number of esters is 1. The number of benzene rings is 2. The molecule has 1 saturated carbocycles. The van der Waals surface area contributed by atoms with Gasteiger partial charge in [0.25, 0.3) is 0 Å². The van der Waals surface area contributed by atoms with Gasteiger partial charge in [-0.2, -0.15) is 0 Å². The molecule has 0 aliphatic heterocycles. The van der Waals surface area contributed by atoms with Gasteiger partial charge < -0.3 is 15.4 Å². The second-order valence-electron chi connectivity index (χ2n) is 8.47. The lowest BCUT2D eigenvalue weighted by molar-refractivity contribution is -0.144. The van der Waals surface area contributed by atoms with Gasteiger partial charge in [-0.3, -0.25) is 10.2 Å². The number of aromatic nitrogens is 1. The number of hydrogen-bond acceptors (Lipinski definition) is 5. The largest absolute Gasteiger partial charge is 0.466 e. The first-order chi connectivity index (χ1) is 16.5. The van der Waals surface area contributed by atoms with Crippen LogP contribution in [0.25, 0.3) is 10.4 Å². The number of nitrogens with zero attached hydrogens (tertiary/aromatic N) is 1. The van der Waals surface area contributed by atoms with Gasteiger partial charge in [0.2, 0.25) is 0 Å². The zero-order valence-corrected chi connectivity index (χ0v) is 20.0. The molecule has 0 atom stereocenters. The van der Waals surface area contributed by atoms with Gasteiger partial charge in [-0.25, -0.2) is 9.37 Å². The van der Waals surface area contributed by atoms with Gasteiger partial charge in [0, 0.05) is 24.2 Å². The van der Waals surface area contributed by atoms with Crippen molar-refractivity contribution in [1.82, 2.24) is 4.98 Å². The van der Waals surface area contributed by atoms with Gasteiger partial charge in [-0.1, -0.05) is 24.3 Å². The summed E-state index contributed by atoms with van der Waals surface area (Å²) in [6.07, 6.45) is 6.62. The van der Waals surface area contributed by atoms with Gasteiger partial charge in [0.15, 0.2) is 5.96 Å². The first-order valence-corrected chi connectivity index (χ1v) is 12.4. The van der Waals surface area contributed by atoms with Crippen molar-refractivity contribution in [2.75, 3.05) is 17.2 Å². The van der Waals surface area contributed by atoms with Crippen LogP contribution in [0, 0.1) is 17.1 Å². The molecule has 1 fully saturated rings. The summed E-state index contributed by atoms with van der Waals surface area (Å²) in [6.45, 7) is 2.29. The third-order valence-electron chi connectivity index (χ3n) is 6.05. The van der Waals surface area contributed by atoms with Crippen molar-refractivity contribution in [3.8, 4) is 10.4 Å². The molecule has 3 N–H and O–H groups in total. The maximum absolute atomic E-state index is 13.8. The Morgan fingerprint density at radius 3 is 2.56 bits per heavy atom. The number of hydrogen-bond donors (Lipinski definition) is 3. The van der Waals surface area contributed by atoms with E-state index in [1.807, 2.05) is 37.4 Å². The highest BCUT2D eigenvalue weighted by Crippen LogP contribution is 2.40. The Morgan fingerprint density at radius 1 is 1.12 bits per heavy atom. The molecule has 1 heterocycles. The van der Waals surface area contributed by atoms with E-state index >= 15 is 0 Å². The topological polar surface area (TPSA) is 87.1 Å². The zero-order valence-electron chi connectivity index (χ0n) is 19.1. The molecular weight excluding hydrogens is 451 g/mol. The van der Waals surface area contributed by atoms with Crippen molar-refractivity contribution in [2.45, 2.75) is 44.9 Å². The molecule has 0 unspecified atom stereocenters. The second-order valence-corrected chi connectivity index (χ2v) is 9.53. The monoisotopic (exact) mass is 480 g/mol. The maximum Gasteiger partial charge on any atom is 0.306 e. The molecule has 6 nitrogen and oxygen atoms in total.